The third-order valence-electron chi connectivity index (χ3n) is 5.06. The average molecular weight is 526 g/mol. The summed E-state index contributed by atoms with van der Waals surface area (Å²) in [5.74, 6) is 0. The monoisotopic (exact) mass is 526 g/mol. The first-order valence-electron chi connectivity index (χ1n) is 9.89. The predicted octanol–water partition coefficient (Wildman–Crippen LogP) is 7.73. The van der Waals surface area contributed by atoms with Gasteiger partial charge in [0.2, 0.25) is 6.19 Å². The summed E-state index contributed by atoms with van der Waals surface area (Å²) in [5.41, 5.74) is -6.29. The zero-order valence-corrected chi connectivity index (χ0v) is 18.3. The molecule has 3 rings (SSSR count). The van der Waals surface area contributed by atoms with Crippen LogP contribution in [-0.2, 0) is 18.5 Å². The summed E-state index contributed by atoms with van der Waals surface area (Å²) in [4.78, 5) is 6.26. The zero-order chi connectivity index (χ0) is 27.8. The highest BCUT2D eigenvalue weighted by atomic mass is 19.4. The molecule has 0 amide bonds. The van der Waals surface area contributed by atoms with Crippen LogP contribution < -0.4 is 0 Å². The van der Waals surface area contributed by atoms with Crippen LogP contribution in [0.1, 0.15) is 33.4 Å². The molecular weight excluding hydrogens is 515 g/mol. The highest BCUT2D eigenvalue weighted by Gasteiger charge is 2.38. The normalized spacial score (nSPS) is 16.8. The summed E-state index contributed by atoms with van der Waals surface area (Å²) in [6, 6.07) is 3.59. The maximum absolute atomic E-state index is 13.4. The fourth-order valence-electron chi connectivity index (χ4n) is 3.53. The van der Waals surface area contributed by atoms with Crippen LogP contribution >= 0.6 is 0 Å². The van der Waals surface area contributed by atoms with Crippen molar-refractivity contribution in [1.29, 1.82) is 5.26 Å². The van der Waals surface area contributed by atoms with E-state index in [0.29, 0.717) is 12.1 Å². The molecule has 0 atom stereocenters. The van der Waals surface area contributed by atoms with E-state index in [1.54, 1.807) is 0 Å². The Kier molecular flexibility index (Phi) is 7.04. The van der Waals surface area contributed by atoms with Gasteiger partial charge in [0.1, 0.15) is 0 Å². The van der Waals surface area contributed by atoms with E-state index < -0.39 is 52.1 Å². The van der Waals surface area contributed by atoms with Crippen molar-refractivity contribution in [3.63, 3.8) is 0 Å². The van der Waals surface area contributed by atoms with Gasteiger partial charge in [0, 0.05) is 11.1 Å². The van der Waals surface area contributed by atoms with E-state index >= 15 is 0 Å². The molecule has 0 radical (unpaired) electrons. The van der Waals surface area contributed by atoms with E-state index in [1.165, 1.54) is 19.2 Å². The van der Waals surface area contributed by atoms with E-state index in [4.69, 9.17) is 11.8 Å². The lowest BCUT2D eigenvalue weighted by Crippen LogP contribution is -2.16. The van der Waals surface area contributed by atoms with Crippen LogP contribution in [0.25, 0.3) is 16.1 Å². The van der Waals surface area contributed by atoms with Crippen LogP contribution in [0.4, 0.5) is 39.5 Å². The number of aryl methyl sites for hydroxylation is 1. The van der Waals surface area contributed by atoms with Crippen molar-refractivity contribution < 1.29 is 39.5 Å². The van der Waals surface area contributed by atoms with Crippen molar-refractivity contribution in [2.75, 3.05) is 0 Å². The minimum Gasteiger partial charge on any atom is -0.181 e. The molecule has 2 aromatic carbocycles. The molecule has 4 nitrogen and oxygen atoms in total. The number of allylic oxidation sites excluding steroid dienone is 4. The molecule has 0 heterocycles. The van der Waals surface area contributed by atoms with Crippen molar-refractivity contribution in [3.8, 4) is 6.19 Å². The highest BCUT2D eigenvalue weighted by molar-refractivity contribution is 6.46. The molecule has 0 saturated carbocycles. The summed E-state index contributed by atoms with van der Waals surface area (Å²) in [5, 5.41) is 12.6. The molecule has 0 aromatic heterocycles. The molecule has 190 valence electrons. The van der Waals surface area contributed by atoms with Gasteiger partial charge in [-0.2, -0.15) is 56.3 Å². The van der Waals surface area contributed by atoms with Crippen LogP contribution in [0.3, 0.4) is 0 Å². The van der Waals surface area contributed by atoms with Crippen molar-refractivity contribution >= 4 is 22.6 Å². The van der Waals surface area contributed by atoms with Crippen LogP contribution in [0.5, 0.6) is 0 Å². The Morgan fingerprint density at radius 1 is 0.703 bits per heavy atom. The summed E-state index contributed by atoms with van der Waals surface area (Å²) in [6.07, 6.45) is -11.8. The third kappa shape index (κ3) is 6.06. The SMILES string of the molecule is [C-]#[N+]/N=C1/C=C(c2cc(C(F)(F)F)cc(C(F)(F)F)c2)C(=NC#N)C=C1c1cc(C)cc(C(F)(F)F)c1. The van der Waals surface area contributed by atoms with Crippen LogP contribution in [-0.4, -0.2) is 11.4 Å². The Morgan fingerprint density at radius 3 is 1.59 bits per heavy atom. The lowest BCUT2D eigenvalue weighted by atomic mass is 9.86. The second-order valence-electron chi connectivity index (χ2n) is 7.68. The topological polar surface area (TPSA) is 52.9 Å². The summed E-state index contributed by atoms with van der Waals surface area (Å²) < 4.78 is 120. The van der Waals surface area contributed by atoms with Crippen LogP contribution in [0, 0.1) is 25.0 Å². The minimum absolute atomic E-state index is 0.0885. The number of hydrogen-bond donors (Lipinski definition) is 0. The van der Waals surface area contributed by atoms with Crippen molar-refractivity contribution in [2.45, 2.75) is 25.5 Å². The smallest absolute Gasteiger partial charge is 0.181 e. The number of benzene rings is 2. The summed E-state index contributed by atoms with van der Waals surface area (Å²) >= 11 is 0. The molecule has 0 aliphatic heterocycles. The number of rotatable bonds is 2. The Balaban J connectivity index is 2.30. The average Bonchev–Trinajstić information content (AvgIpc) is 2.77. The van der Waals surface area contributed by atoms with Gasteiger partial charge in [-0.15, -0.1) is 4.95 Å². The van der Waals surface area contributed by atoms with Gasteiger partial charge in [0.15, 0.2) is 5.71 Å². The van der Waals surface area contributed by atoms with Crippen LogP contribution in [0.2, 0.25) is 0 Å². The van der Waals surface area contributed by atoms with Gasteiger partial charge in [0.05, 0.1) is 27.5 Å². The van der Waals surface area contributed by atoms with Gasteiger partial charge >= 0.3 is 18.5 Å². The molecule has 0 saturated heterocycles. The molecular formula is C24H11F9N4. The first-order chi connectivity index (χ1) is 17.0. The lowest BCUT2D eigenvalue weighted by Gasteiger charge is -2.20. The van der Waals surface area contributed by atoms with Gasteiger partial charge in [-0.05, 0) is 66.1 Å². The molecule has 37 heavy (non-hydrogen) atoms. The van der Waals surface area contributed by atoms with Crippen molar-refractivity contribution in [3.05, 3.63) is 93.5 Å². The summed E-state index contributed by atoms with van der Waals surface area (Å²) in [7, 11) is 0. The standard InChI is InChI=1S/C24H11F9N4/c1-12-3-13(5-15(4-12)22(25,26)27)19-9-20(36-11-34)18(10-21(19)37-35-2)14-6-16(23(28,29)30)8-17(7-14)24(31,32)33/h3-10H,1H3/b36-20?,37-21-. The maximum Gasteiger partial charge on any atom is 0.416 e. The molecule has 1 aliphatic rings. The molecule has 0 bridgehead atoms. The lowest BCUT2D eigenvalue weighted by molar-refractivity contribution is -0.143. The Hall–Kier alpha value is -4.39. The number of alkyl halides is 9. The van der Waals surface area contributed by atoms with Gasteiger partial charge in [0.25, 0.3) is 0 Å². The fraction of sp³-hybridized carbons (Fsp3) is 0.167. The highest BCUT2D eigenvalue weighted by Crippen LogP contribution is 2.39. The second-order valence-corrected chi connectivity index (χ2v) is 7.68. The predicted molar refractivity (Wildman–Crippen MR) is 116 cm³/mol. The van der Waals surface area contributed by atoms with E-state index in [2.05, 4.69) is 15.0 Å². The van der Waals surface area contributed by atoms with Crippen molar-refractivity contribution in [1.82, 2.24) is 0 Å². The van der Waals surface area contributed by atoms with Gasteiger partial charge < -0.3 is 0 Å². The largest absolute Gasteiger partial charge is 0.416 e. The number of halogens is 9. The summed E-state index contributed by atoms with van der Waals surface area (Å²) in [6.45, 7) is 8.39. The van der Waals surface area contributed by atoms with E-state index in [-0.39, 0.29) is 28.5 Å². The Bertz CT molecular complexity index is 1420. The van der Waals surface area contributed by atoms with E-state index in [9.17, 15) is 39.5 Å². The van der Waals surface area contributed by atoms with Gasteiger partial charge in [-0.1, -0.05) is 6.07 Å². The number of nitrogens with zero attached hydrogens (tertiary/aromatic N) is 4. The first kappa shape index (κ1) is 27.2. The Labute approximate surface area is 203 Å². The number of hydrogen-bond acceptors (Lipinski definition) is 3. The molecule has 0 fully saturated rings. The molecule has 0 unspecified atom stereocenters. The fourth-order valence-corrected chi connectivity index (χ4v) is 3.53. The first-order valence-corrected chi connectivity index (χ1v) is 9.89. The maximum atomic E-state index is 13.4. The number of aliphatic imine (C=N–C) groups is 1. The third-order valence-corrected chi connectivity index (χ3v) is 5.06. The second kappa shape index (κ2) is 9.58. The molecule has 1 aliphatic carbocycles. The number of nitriles is 1. The zero-order valence-electron chi connectivity index (χ0n) is 18.3. The molecule has 13 heteroatoms. The molecule has 0 spiro atoms. The van der Waals surface area contributed by atoms with E-state index in [0.717, 1.165) is 24.3 Å². The van der Waals surface area contributed by atoms with Gasteiger partial charge in [-0.25, -0.2) is 0 Å². The quantitative estimate of drug-likeness (QED) is 0.130. The Morgan fingerprint density at radius 2 is 1.14 bits per heavy atom. The van der Waals surface area contributed by atoms with Gasteiger partial charge in [-0.3, -0.25) is 0 Å². The van der Waals surface area contributed by atoms with Crippen molar-refractivity contribution in [2.24, 2.45) is 10.1 Å². The minimum atomic E-state index is -5.16. The molecule has 0 N–H and O–H groups in total. The van der Waals surface area contributed by atoms with E-state index in [1.807, 2.05) is 0 Å². The van der Waals surface area contributed by atoms with Crippen LogP contribution in [0.15, 0.2) is 58.6 Å². The molecule has 2 aromatic rings.